The van der Waals surface area contributed by atoms with Gasteiger partial charge in [0.25, 0.3) is 0 Å². The molecule has 1 aliphatic carbocycles. The van der Waals surface area contributed by atoms with E-state index in [2.05, 4.69) is 16.0 Å². The number of fused-ring (bicyclic) bond motifs is 1. The number of benzene rings is 3. The number of carbonyl (C=O) groups excluding carboxylic acids is 1. The van der Waals surface area contributed by atoms with Gasteiger partial charge >= 0.3 is 5.97 Å². The van der Waals surface area contributed by atoms with Crippen LogP contribution in [0.4, 0.5) is 13.2 Å². The van der Waals surface area contributed by atoms with E-state index in [1.807, 2.05) is 10.6 Å². The van der Waals surface area contributed by atoms with Gasteiger partial charge < -0.3 is 14.0 Å². The fourth-order valence-corrected chi connectivity index (χ4v) is 5.44. The van der Waals surface area contributed by atoms with Gasteiger partial charge in [-0.2, -0.15) is 10.5 Å². The van der Waals surface area contributed by atoms with Crippen LogP contribution in [0.2, 0.25) is 0 Å². The van der Waals surface area contributed by atoms with E-state index in [0.717, 1.165) is 25.0 Å². The third kappa shape index (κ3) is 6.13. The third-order valence-corrected chi connectivity index (χ3v) is 8.17. The Morgan fingerprint density at radius 3 is 2.50 bits per heavy atom. The van der Waals surface area contributed by atoms with Crippen LogP contribution in [0.5, 0.6) is 5.88 Å². The maximum atomic E-state index is 15.5. The fourth-order valence-electron chi connectivity index (χ4n) is 5.44. The van der Waals surface area contributed by atoms with Crippen molar-refractivity contribution in [2.24, 2.45) is 5.41 Å². The molecular formula is C35H26F3N5O3. The van der Waals surface area contributed by atoms with Gasteiger partial charge in [0.2, 0.25) is 5.88 Å². The number of nitriles is 2. The van der Waals surface area contributed by atoms with Gasteiger partial charge in [0.05, 0.1) is 41.6 Å². The molecule has 6 rings (SSSR count). The predicted molar refractivity (Wildman–Crippen MR) is 161 cm³/mol. The molecule has 1 saturated carbocycles. The molecule has 11 heteroatoms. The third-order valence-electron chi connectivity index (χ3n) is 8.17. The van der Waals surface area contributed by atoms with E-state index >= 15 is 8.78 Å². The number of pyridine rings is 1. The SMILES string of the molecule is COC(=O)c1cc(F)c2nc(Cc3ccc(-c4cccc(OCc5ccc(C#N)cc5F)n4)c(F)c3)n(CC3(CC#N)CC3)c2c1. The lowest BCUT2D eigenvalue weighted by atomic mass is 10.0. The first-order valence-electron chi connectivity index (χ1n) is 14.4. The normalized spacial score (nSPS) is 13.2. The van der Waals surface area contributed by atoms with Crippen LogP contribution in [-0.2, 0) is 24.3 Å². The molecule has 230 valence electrons. The maximum Gasteiger partial charge on any atom is 0.338 e. The molecule has 2 heterocycles. The number of nitrogens with zero attached hydrogens (tertiary/aromatic N) is 5. The number of ether oxygens (including phenoxy) is 2. The molecule has 8 nitrogen and oxygen atoms in total. The molecule has 1 aliphatic rings. The average Bonchev–Trinajstić information content (AvgIpc) is 3.73. The van der Waals surface area contributed by atoms with Crippen molar-refractivity contribution in [2.75, 3.05) is 7.11 Å². The summed E-state index contributed by atoms with van der Waals surface area (Å²) in [5.74, 6) is -1.86. The van der Waals surface area contributed by atoms with E-state index in [9.17, 15) is 14.4 Å². The molecule has 5 aromatic rings. The van der Waals surface area contributed by atoms with Crippen LogP contribution in [0.15, 0.2) is 66.7 Å². The van der Waals surface area contributed by atoms with Crippen molar-refractivity contribution in [1.29, 1.82) is 10.5 Å². The molecule has 0 bridgehead atoms. The lowest BCUT2D eigenvalue weighted by molar-refractivity contribution is 0.0600. The van der Waals surface area contributed by atoms with Gasteiger partial charge in [0.1, 0.15) is 29.6 Å². The zero-order valence-electron chi connectivity index (χ0n) is 24.7. The number of halogens is 3. The summed E-state index contributed by atoms with van der Waals surface area (Å²) in [4.78, 5) is 21.2. The summed E-state index contributed by atoms with van der Waals surface area (Å²) in [6.45, 7) is 0.272. The second-order valence-corrected chi connectivity index (χ2v) is 11.3. The predicted octanol–water partition coefficient (Wildman–Crippen LogP) is 7.04. The first-order chi connectivity index (χ1) is 22.2. The molecule has 0 unspecified atom stereocenters. The molecule has 3 aromatic carbocycles. The van der Waals surface area contributed by atoms with E-state index < -0.39 is 23.4 Å². The Balaban J connectivity index is 1.27. The Morgan fingerprint density at radius 2 is 1.80 bits per heavy atom. The van der Waals surface area contributed by atoms with Gasteiger partial charge in [-0.1, -0.05) is 18.2 Å². The summed E-state index contributed by atoms with van der Waals surface area (Å²) >= 11 is 0. The molecule has 46 heavy (non-hydrogen) atoms. The molecule has 0 atom stereocenters. The van der Waals surface area contributed by atoms with E-state index in [-0.39, 0.29) is 52.1 Å². The Labute approximate surface area is 262 Å². The molecule has 1 fully saturated rings. The zero-order valence-corrected chi connectivity index (χ0v) is 24.7. The largest absolute Gasteiger partial charge is 0.473 e. The standard InChI is InChI=1S/C35H26F3N5O3/c1-45-34(44)24-16-28(38)33-30(17-24)43(20-35(9-10-35)11-12-39)31(42-33)15-21-6-8-25(27(37)13-21)29-3-2-4-32(41-29)46-19-23-7-5-22(18-40)14-26(23)36/h2-8,13-14,16-17H,9-11,15,19-20H2,1H3. The van der Waals surface area contributed by atoms with E-state index in [4.69, 9.17) is 14.7 Å². The lowest BCUT2D eigenvalue weighted by Gasteiger charge is -2.16. The minimum Gasteiger partial charge on any atom is -0.473 e. The Hall–Kier alpha value is -5.68. The second-order valence-electron chi connectivity index (χ2n) is 11.3. The topological polar surface area (TPSA) is 114 Å². The Kier molecular flexibility index (Phi) is 8.16. The fraction of sp³-hybridized carbons (Fsp3) is 0.229. The summed E-state index contributed by atoms with van der Waals surface area (Å²) < 4.78 is 57.2. The number of methoxy groups -OCH3 is 1. The average molecular weight is 622 g/mol. The Bertz CT molecular complexity index is 2070. The summed E-state index contributed by atoms with van der Waals surface area (Å²) in [5.41, 5.74) is 1.78. The highest BCUT2D eigenvalue weighted by molar-refractivity contribution is 5.94. The number of hydrogen-bond acceptors (Lipinski definition) is 7. The van der Waals surface area contributed by atoms with Crippen LogP contribution in [0, 0.1) is 45.5 Å². The highest BCUT2D eigenvalue weighted by Crippen LogP contribution is 2.50. The molecule has 2 aromatic heterocycles. The van der Waals surface area contributed by atoms with Crippen LogP contribution in [0.1, 0.15) is 52.1 Å². The number of aromatic nitrogens is 3. The van der Waals surface area contributed by atoms with Gasteiger partial charge in [0, 0.05) is 42.0 Å². The zero-order chi connectivity index (χ0) is 32.4. The van der Waals surface area contributed by atoms with Gasteiger partial charge in [0.15, 0.2) is 5.82 Å². The first-order valence-corrected chi connectivity index (χ1v) is 14.4. The molecule has 0 amide bonds. The number of hydrogen-bond donors (Lipinski definition) is 0. The van der Waals surface area contributed by atoms with Crippen LogP contribution in [0.25, 0.3) is 22.3 Å². The monoisotopic (exact) mass is 621 g/mol. The van der Waals surface area contributed by atoms with E-state index in [1.54, 1.807) is 30.3 Å². The van der Waals surface area contributed by atoms with E-state index in [1.165, 1.54) is 31.4 Å². The minimum absolute atomic E-state index is 0.0430. The summed E-state index contributed by atoms with van der Waals surface area (Å²) in [6, 6.07) is 20.3. The summed E-state index contributed by atoms with van der Waals surface area (Å²) in [7, 11) is 1.22. The van der Waals surface area contributed by atoms with Crippen molar-refractivity contribution >= 4 is 17.0 Å². The minimum atomic E-state index is -0.685. The van der Waals surface area contributed by atoms with E-state index in [0.29, 0.717) is 35.6 Å². The maximum absolute atomic E-state index is 15.5. The summed E-state index contributed by atoms with van der Waals surface area (Å²) in [5, 5.41) is 18.3. The lowest BCUT2D eigenvalue weighted by Crippen LogP contribution is -2.14. The molecule has 0 spiro atoms. The number of rotatable bonds is 10. The molecule has 0 saturated heterocycles. The number of carbonyl (C=O) groups is 1. The molecular weight excluding hydrogens is 595 g/mol. The van der Waals surface area contributed by atoms with Crippen molar-refractivity contribution in [3.05, 3.63) is 112 Å². The molecule has 0 radical (unpaired) electrons. The van der Waals surface area contributed by atoms with Gasteiger partial charge in [-0.05, 0) is 60.9 Å². The van der Waals surface area contributed by atoms with Gasteiger partial charge in [-0.25, -0.2) is 27.9 Å². The van der Waals surface area contributed by atoms with Crippen molar-refractivity contribution < 1.29 is 27.4 Å². The molecule has 0 N–H and O–H groups in total. The molecule has 0 aliphatic heterocycles. The second kappa shape index (κ2) is 12.4. The van der Waals surface area contributed by atoms with Crippen molar-refractivity contribution in [3.8, 4) is 29.3 Å². The van der Waals surface area contributed by atoms with Crippen molar-refractivity contribution in [3.63, 3.8) is 0 Å². The highest BCUT2D eigenvalue weighted by Gasteiger charge is 2.43. The first kappa shape index (κ1) is 30.4. The smallest absolute Gasteiger partial charge is 0.338 e. The quantitative estimate of drug-likeness (QED) is 0.154. The van der Waals surface area contributed by atoms with Crippen LogP contribution in [-0.4, -0.2) is 27.6 Å². The van der Waals surface area contributed by atoms with Gasteiger partial charge in [-0.3, -0.25) is 0 Å². The van der Waals surface area contributed by atoms with Gasteiger partial charge in [-0.15, -0.1) is 0 Å². The highest BCUT2D eigenvalue weighted by atomic mass is 19.1. The number of imidazole rings is 1. The van der Waals surface area contributed by atoms with Crippen molar-refractivity contribution in [1.82, 2.24) is 14.5 Å². The van der Waals surface area contributed by atoms with Crippen molar-refractivity contribution in [2.45, 2.75) is 38.8 Å². The van der Waals surface area contributed by atoms with Crippen LogP contribution < -0.4 is 4.74 Å². The van der Waals surface area contributed by atoms with Crippen LogP contribution in [0.3, 0.4) is 0 Å². The summed E-state index contributed by atoms with van der Waals surface area (Å²) in [6.07, 6.45) is 2.15. The van der Waals surface area contributed by atoms with Crippen LogP contribution >= 0.6 is 0 Å². The number of esters is 1. The Morgan fingerprint density at radius 1 is 0.978 bits per heavy atom.